The van der Waals surface area contributed by atoms with E-state index in [0.717, 1.165) is 3.57 Å². The average molecular weight is 483 g/mol. The van der Waals surface area contributed by atoms with Crippen LogP contribution in [0.4, 0.5) is 5.69 Å². The lowest BCUT2D eigenvalue weighted by Crippen LogP contribution is -2.13. The molecule has 5 nitrogen and oxygen atoms in total. The molecular formula is C19H16ClIN2O3. The predicted molar refractivity (Wildman–Crippen MR) is 111 cm³/mol. The highest BCUT2D eigenvalue weighted by Crippen LogP contribution is 2.34. The van der Waals surface area contributed by atoms with E-state index in [2.05, 4.69) is 27.9 Å². The molecule has 2 rings (SSSR count). The second-order valence-corrected chi connectivity index (χ2v) is 6.64. The second-order valence-electron chi connectivity index (χ2n) is 5.07. The van der Waals surface area contributed by atoms with E-state index in [1.807, 2.05) is 19.1 Å². The fraction of sp³-hybridized carbons (Fsp3) is 0.158. The van der Waals surface area contributed by atoms with E-state index in [1.165, 1.54) is 13.2 Å². The lowest BCUT2D eigenvalue weighted by atomic mass is 10.1. The number of benzene rings is 2. The number of nitriles is 1. The number of para-hydroxylation sites is 1. The molecule has 134 valence electrons. The molecular weight excluding hydrogens is 467 g/mol. The van der Waals surface area contributed by atoms with Gasteiger partial charge in [-0.1, -0.05) is 23.7 Å². The number of rotatable bonds is 6. The van der Waals surface area contributed by atoms with Crippen LogP contribution in [0.2, 0.25) is 5.02 Å². The normalized spacial score (nSPS) is 10.8. The summed E-state index contributed by atoms with van der Waals surface area (Å²) in [5.74, 6) is 0.629. The fourth-order valence-corrected chi connectivity index (χ4v) is 3.14. The third-order valence-electron chi connectivity index (χ3n) is 3.34. The number of anilines is 1. The van der Waals surface area contributed by atoms with Crippen LogP contribution in [0.15, 0.2) is 42.0 Å². The maximum absolute atomic E-state index is 12.4. The first-order valence-corrected chi connectivity index (χ1v) is 9.13. The van der Waals surface area contributed by atoms with Crippen LogP contribution in [0.25, 0.3) is 6.08 Å². The van der Waals surface area contributed by atoms with Crippen LogP contribution in [0, 0.1) is 14.9 Å². The number of methoxy groups -OCH3 is 1. The Hall–Kier alpha value is -2.24. The molecule has 0 aliphatic rings. The third kappa shape index (κ3) is 4.90. The lowest BCUT2D eigenvalue weighted by molar-refractivity contribution is -0.112. The molecule has 0 aliphatic carbocycles. The number of nitrogens with one attached hydrogen (secondary N) is 1. The first-order chi connectivity index (χ1) is 12.5. The molecule has 1 amide bonds. The van der Waals surface area contributed by atoms with Crippen molar-refractivity contribution in [2.75, 3.05) is 19.0 Å². The molecule has 0 radical (unpaired) electrons. The number of carbonyl (C=O) groups is 1. The van der Waals surface area contributed by atoms with Gasteiger partial charge in [0.25, 0.3) is 5.91 Å². The van der Waals surface area contributed by atoms with Crippen LogP contribution in [-0.2, 0) is 4.79 Å². The van der Waals surface area contributed by atoms with Gasteiger partial charge in [0, 0.05) is 0 Å². The Balaban J connectivity index is 2.34. The van der Waals surface area contributed by atoms with Crippen LogP contribution < -0.4 is 14.8 Å². The number of ether oxygens (including phenoxy) is 2. The standard InChI is InChI=1S/C19H16ClIN2O3/c1-3-26-18-15(21)9-12(10-17(18)25-2)8-13(11-22)19(24)23-16-7-5-4-6-14(16)20/h4-10H,3H2,1-2H3,(H,23,24)/b13-8+. The molecule has 0 heterocycles. The van der Waals surface area contributed by atoms with E-state index >= 15 is 0 Å². The Morgan fingerprint density at radius 3 is 2.73 bits per heavy atom. The second kappa shape index (κ2) is 9.46. The first kappa shape index (κ1) is 20.1. The molecule has 0 unspecified atom stereocenters. The monoisotopic (exact) mass is 482 g/mol. The third-order valence-corrected chi connectivity index (χ3v) is 4.47. The summed E-state index contributed by atoms with van der Waals surface area (Å²) in [4.78, 5) is 12.4. The van der Waals surface area contributed by atoms with E-state index in [0.29, 0.717) is 34.4 Å². The number of amides is 1. The number of hydrogen-bond acceptors (Lipinski definition) is 4. The van der Waals surface area contributed by atoms with Crippen molar-refractivity contribution in [1.29, 1.82) is 5.26 Å². The van der Waals surface area contributed by atoms with Gasteiger partial charge in [0.2, 0.25) is 0 Å². The molecule has 2 aromatic rings. The minimum absolute atomic E-state index is 0.0491. The van der Waals surface area contributed by atoms with Crippen molar-refractivity contribution in [2.24, 2.45) is 0 Å². The summed E-state index contributed by atoms with van der Waals surface area (Å²) in [5, 5.41) is 12.4. The van der Waals surface area contributed by atoms with Gasteiger partial charge in [-0.25, -0.2) is 0 Å². The highest BCUT2D eigenvalue weighted by atomic mass is 127. The SMILES string of the molecule is CCOc1c(I)cc(/C=C(\C#N)C(=O)Nc2ccccc2Cl)cc1OC. The molecule has 0 atom stereocenters. The van der Waals surface area contributed by atoms with Crippen molar-refractivity contribution in [3.63, 3.8) is 0 Å². The Kier molecular flexibility index (Phi) is 7.30. The summed E-state index contributed by atoms with van der Waals surface area (Å²) in [6.45, 7) is 2.39. The summed E-state index contributed by atoms with van der Waals surface area (Å²) in [6.07, 6.45) is 1.49. The smallest absolute Gasteiger partial charge is 0.266 e. The number of halogens is 2. The van der Waals surface area contributed by atoms with E-state index in [9.17, 15) is 10.1 Å². The van der Waals surface area contributed by atoms with Gasteiger partial charge in [0.05, 0.1) is 28.0 Å². The topological polar surface area (TPSA) is 71.3 Å². The van der Waals surface area contributed by atoms with Crippen LogP contribution in [0.3, 0.4) is 0 Å². The maximum Gasteiger partial charge on any atom is 0.266 e. The molecule has 2 aromatic carbocycles. The first-order valence-electron chi connectivity index (χ1n) is 7.68. The quantitative estimate of drug-likeness (QED) is 0.361. The van der Waals surface area contributed by atoms with Gasteiger partial charge < -0.3 is 14.8 Å². The summed E-state index contributed by atoms with van der Waals surface area (Å²) >= 11 is 8.16. The zero-order valence-corrected chi connectivity index (χ0v) is 17.1. The molecule has 0 bridgehead atoms. The Morgan fingerprint density at radius 2 is 2.12 bits per heavy atom. The van der Waals surface area contributed by atoms with E-state index in [1.54, 1.807) is 30.3 Å². The van der Waals surface area contributed by atoms with E-state index in [4.69, 9.17) is 21.1 Å². The van der Waals surface area contributed by atoms with E-state index < -0.39 is 5.91 Å². The molecule has 0 fully saturated rings. The Bertz CT molecular complexity index is 891. The highest BCUT2D eigenvalue weighted by Gasteiger charge is 2.14. The Labute approximate surface area is 170 Å². The molecule has 0 spiro atoms. The van der Waals surface area contributed by atoms with Gasteiger partial charge in [0.1, 0.15) is 11.6 Å². The number of hydrogen-bond donors (Lipinski definition) is 1. The average Bonchev–Trinajstić information content (AvgIpc) is 2.63. The molecule has 0 aromatic heterocycles. The molecule has 7 heteroatoms. The largest absolute Gasteiger partial charge is 0.493 e. The van der Waals surface area contributed by atoms with Gasteiger partial charge in [-0.3, -0.25) is 4.79 Å². The zero-order chi connectivity index (χ0) is 19.1. The summed E-state index contributed by atoms with van der Waals surface area (Å²) < 4.78 is 11.7. The van der Waals surface area contributed by atoms with Crippen molar-refractivity contribution in [1.82, 2.24) is 0 Å². The van der Waals surface area contributed by atoms with Gasteiger partial charge in [-0.2, -0.15) is 5.26 Å². The van der Waals surface area contributed by atoms with Crippen molar-refractivity contribution >= 4 is 51.9 Å². The summed E-state index contributed by atoms with van der Waals surface area (Å²) in [6, 6.07) is 12.3. The van der Waals surface area contributed by atoms with Gasteiger partial charge in [-0.05, 0) is 65.4 Å². The van der Waals surface area contributed by atoms with Crippen LogP contribution >= 0.6 is 34.2 Å². The minimum atomic E-state index is -0.538. The number of carbonyl (C=O) groups excluding carboxylic acids is 1. The Morgan fingerprint density at radius 1 is 1.38 bits per heavy atom. The summed E-state index contributed by atoms with van der Waals surface area (Å²) in [7, 11) is 1.54. The van der Waals surface area contributed by atoms with Gasteiger partial charge in [0.15, 0.2) is 11.5 Å². The fourth-order valence-electron chi connectivity index (χ4n) is 2.18. The number of nitrogens with zero attached hydrogens (tertiary/aromatic N) is 1. The minimum Gasteiger partial charge on any atom is -0.493 e. The maximum atomic E-state index is 12.4. The zero-order valence-electron chi connectivity index (χ0n) is 14.2. The van der Waals surface area contributed by atoms with E-state index in [-0.39, 0.29) is 5.57 Å². The molecule has 1 N–H and O–H groups in total. The molecule has 26 heavy (non-hydrogen) atoms. The molecule has 0 aliphatic heterocycles. The van der Waals surface area contributed by atoms with Crippen molar-refractivity contribution < 1.29 is 14.3 Å². The van der Waals surface area contributed by atoms with Crippen LogP contribution in [-0.4, -0.2) is 19.6 Å². The summed E-state index contributed by atoms with van der Waals surface area (Å²) in [5.41, 5.74) is 1.05. The van der Waals surface area contributed by atoms with Crippen LogP contribution in [0.5, 0.6) is 11.5 Å². The molecule has 0 saturated heterocycles. The van der Waals surface area contributed by atoms with Crippen molar-refractivity contribution in [3.05, 3.63) is 56.1 Å². The van der Waals surface area contributed by atoms with Crippen molar-refractivity contribution in [2.45, 2.75) is 6.92 Å². The van der Waals surface area contributed by atoms with Crippen molar-refractivity contribution in [3.8, 4) is 17.6 Å². The predicted octanol–water partition coefficient (Wildman–Crippen LogP) is 4.90. The molecule has 0 saturated carbocycles. The van der Waals surface area contributed by atoms with Gasteiger partial charge in [-0.15, -0.1) is 0 Å². The lowest BCUT2D eigenvalue weighted by Gasteiger charge is -2.12. The van der Waals surface area contributed by atoms with Gasteiger partial charge >= 0.3 is 0 Å². The van der Waals surface area contributed by atoms with Crippen LogP contribution in [0.1, 0.15) is 12.5 Å². The highest BCUT2D eigenvalue weighted by molar-refractivity contribution is 14.1.